The van der Waals surface area contributed by atoms with Crippen LogP contribution in [0.3, 0.4) is 0 Å². The average molecular weight is 316 g/mol. The van der Waals surface area contributed by atoms with Gasteiger partial charge in [-0.25, -0.2) is 0 Å². The van der Waals surface area contributed by atoms with Crippen molar-refractivity contribution in [2.45, 2.75) is 19.9 Å². The van der Waals surface area contributed by atoms with E-state index >= 15 is 0 Å². The van der Waals surface area contributed by atoms with Crippen molar-refractivity contribution in [1.29, 1.82) is 0 Å². The lowest BCUT2D eigenvalue weighted by Gasteiger charge is -2.06. The second kappa shape index (κ2) is 5.13. The molecule has 0 aliphatic carbocycles. The zero-order chi connectivity index (χ0) is 13.2. The van der Waals surface area contributed by atoms with E-state index in [-0.39, 0.29) is 0 Å². The third kappa shape index (κ3) is 2.40. The van der Waals surface area contributed by atoms with Gasteiger partial charge in [0.2, 0.25) is 0 Å². The summed E-state index contributed by atoms with van der Waals surface area (Å²) < 4.78 is 3.20. The molecule has 0 radical (unpaired) electrons. The Bertz CT molecular complexity index is 718. The number of hydrogen-bond donors (Lipinski definition) is 0. The molecule has 3 rings (SSSR count). The molecule has 0 saturated carbocycles. The Morgan fingerprint density at radius 2 is 1.89 bits per heavy atom. The number of aromatic nitrogens is 3. The SMILES string of the molecule is CCCn1cnnc1-c1ccc2cc(Br)ccc2c1. The van der Waals surface area contributed by atoms with Crippen molar-refractivity contribution in [3.05, 3.63) is 47.2 Å². The molecule has 0 N–H and O–H groups in total. The summed E-state index contributed by atoms with van der Waals surface area (Å²) in [5.74, 6) is 0.937. The molecule has 0 aliphatic rings. The number of benzene rings is 2. The van der Waals surface area contributed by atoms with Crippen LogP contribution in [0.5, 0.6) is 0 Å². The van der Waals surface area contributed by atoms with E-state index in [9.17, 15) is 0 Å². The zero-order valence-corrected chi connectivity index (χ0v) is 12.3. The van der Waals surface area contributed by atoms with Crippen molar-refractivity contribution in [3.8, 4) is 11.4 Å². The van der Waals surface area contributed by atoms with Gasteiger partial charge < -0.3 is 4.57 Å². The number of aryl methyl sites for hydroxylation is 1. The van der Waals surface area contributed by atoms with Gasteiger partial charge in [-0.05, 0) is 35.4 Å². The summed E-state index contributed by atoms with van der Waals surface area (Å²) in [6.07, 6.45) is 2.87. The van der Waals surface area contributed by atoms with Gasteiger partial charge in [0, 0.05) is 16.6 Å². The van der Waals surface area contributed by atoms with Gasteiger partial charge in [0.15, 0.2) is 5.82 Å². The highest BCUT2D eigenvalue weighted by molar-refractivity contribution is 9.10. The lowest BCUT2D eigenvalue weighted by molar-refractivity contribution is 0.683. The molecule has 3 aromatic rings. The Morgan fingerprint density at radius 3 is 2.74 bits per heavy atom. The molecule has 0 bridgehead atoms. The molecule has 0 spiro atoms. The molecule has 19 heavy (non-hydrogen) atoms. The fraction of sp³-hybridized carbons (Fsp3) is 0.200. The number of rotatable bonds is 3. The van der Waals surface area contributed by atoms with Crippen LogP contribution in [-0.2, 0) is 6.54 Å². The van der Waals surface area contributed by atoms with Crippen molar-refractivity contribution in [1.82, 2.24) is 14.8 Å². The Balaban J connectivity index is 2.10. The fourth-order valence-electron chi connectivity index (χ4n) is 2.24. The second-order valence-electron chi connectivity index (χ2n) is 4.55. The number of fused-ring (bicyclic) bond motifs is 1. The first-order valence-corrected chi connectivity index (χ1v) is 7.14. The first-order valence-electron chi connectivity index (χ1n) is 6.35. The second-order valence-corrected chi connectivity index (χ2v) is 5.47. The molecule has 0 fully saturated rings. The van der Waals surface area contributed by atoms with Gasteiger partial charge in [-0.1, -0.05) is 41.1 Å². The minimum absolute atomic E-state index is 0.937. The predicted molar refractivity (Wildman–Crippen MR) is 81.0 cm³/mol. The third-order valence-corrected chi connectivity index (χ3v) is 3.63. The van der Waals surface area contributed by atoms with E-state index in [0.29, 0.717) is 0 Å². The molecule has 0 saturated heterocycles. The standard InChI is InChI=1S/C15H14BrN3/c1-2-7-19-10-17-18-15(19)13-4-3-12-9-14(16)6-5-11(12)8-13/h3-6,8-10H,2,7H2,1H3. The van der Waals surface area contributed by atoms with Crippen molar-refractivity contribution in [2.75, 3.05) is 0 Å². The maximum absolute atomic E-state index is 4.23. The van der Waals surface area contributed by atoms with E-state index in [0.717, 1.165) is 28.8 Å². The molecule has 0 unspecified atom stereocenters. The van der Waals surface area contributed by atoms with Crippen LogP contribution in [0.1, 0.15) is 13.3 Å². The van der Waals surface area contributed by atoms with Gasteiger partial charge in [-0.3, -0.25) is 0 Å². The van der Waals surface area contributed by atoms with Crippen LogP contribution >= 0.6 is 15.9 Å². The van der Waals surface area contributed by atoms with E-state index in [4.69, 9.17) is 0 Å². The summed E-state index contributed by atoms with van der Waals surface area (Å²) in [6.45, 7) is 3.10. The highest BCUT2D eigenvalue weighted by Gasteiger charge is 2.07. The van der Waals surface area contributed by atoms with Gasteiger partial charge >= 0.3 is 0 Å². The Kier molecular flexibility index (Phi) is 3.34. The van der Waals surface area contributed by atoms with Crippen LogP contribution < -0.4 is 0 Å². The lowest BCUT2D eigenvalue weighted by Crippen LogP contribution is -1.98. The largest absolute Gasteiger partial charge is 0.314 e. The summed E-state index contributed by atoms with van der Waals surface area (Å²) in [4.78, 5) is 0. The van der Waals surface area contributed by atoms with Crippen LogP contribution in [0, 0.1) is 0 Å². The van der Waals surface area contributed by atoms with Gasteiger partial charge in [0.1, 0.15) is 6.33 Å². The zero-order valence-electron chi connectivity index (χ0n) is 10.7. The Hall–Kier alpha value is -1.68. The molecule has 0 aliphatic heterocycles. The van der Waals surface area contributed by atoms with Gasteiger partial charge in [0.25, 0.3) is 0 Å². The summed E-state index contributed by atoms with van der Waals surface area (Å²) in [5.41, 5.74) is 1.11. The Morgan fingerprint density at radius 1 is 1.11 bits per heavy atom. The van der Waals surface area contributed by atoms with Gasteiger partial charge in [-0.15, -0.1) is 10.2 Å². The topological polar surface area (TPSA) is 30.7 Å². The van der Waals surface area contributed by atoms with Crippen LogP contribution in [0.4, 0.5) is 0 Å². The molecule has 1 aromatic heterocycles. The normalized spacial score (nSPS) is 11.1. The van der Waals surface area contributed by atoms with E-state index in [2.05, 4.69) is 74.0 Å². The summed E-state index contributed by atoms with van der Waals surface area (Å²) in [5, 5.41) is 10.7. The van der Waals surface area contributed by atoms with E-state index < -0.39 is 0 Å². The quantitative estimate of drug-likeness (QED) is 0.722. The lowest BCUT2D eigenvalue weighted by atomic mass is 10.1. The van der Waals surface area contributed by atoms with Gasteiger partial charge in [-0.2, -0.15) is 0 Å². The highest BCUT2D eigenvalue weighted by atomic mass is 79.9. The van der Waals surface area contributed by atoms with Crippen LogP contribution in [0.25, 0.3) is 22.2 Å². The molecule has 4 heteroatoms. The third-order valence-electron chi connectivity index (χ3n) is 3.14. The Labute approximate surface area is 120 Å². The van der Waals surface area contributed by atoms with Crippen molar-refractivity contribution >= 4 is 26.7 Å². The molecule has 2 aromatic carbocycles. The van der Waals surface area contributed by atoms with E-state index in [1.165, 1.54) is 10.8 Å². The molecular formula is C15H14BrN3. The van der Waals surface area contributed by atoms with Crippen molar-refractivity contribution in [2.24, 2.45) is 0 Å². The minimum Gasteiger partial charge on any atom is -0.314 e. The maximum atomic E-state index is 4.23. The smallest absolute Gasteiger partial charge is 0.163 e. The van der Waals surface area contributed by atoms with Crippen LogP contribution in [-0.4, -0.2) is 14.8 Å². The first kappa shape index (κ1) is 12.4. The molecular weight excluding hydrogens is 302 g/mol. The fourth-order valence-corrected chi connectivity index (χ4v) is 2.62. The number of nitrogens with zero attached hydrogens (tertiary/aromatic N) is 3. The highest BCUT2D eigenvalue weighted by Crippen LogP contribution is 2.25. The molecule has 3 nitrogen and oxygen atoms in total. The summed E-state index contributed by atoms with van der Waals surface area (Å²) >= 11 is 3.50. The number of halogens is 1. The molecule has 96 valence electrons. The first-order chi connectivity index (χ1) is 9.28. The maximum Gasteiger partial charge on any atom is 0.163 e. The van der Waals surface area contributed by atoms with Crippen molar-refractivity contribution < 1.29 is 0 Å². The van der Waals surface area contributed by atoms with Gasteiger partial charge in [0.05, 0.1) is 0 Å². The van der Waals surface area contributed by atoms with E-state index in [1.54, 1.807) is 6.33 Å². The monoisotopic (exact) mass is 315 g/mol. The minimum atomic E-state index is 0.937. The van der Waals surface area contributed by atoms with Crippen LogP contribution in [0.15, 0.2) is 47.2 Å². The van der Waals surface area contributed by atoms with Crippen LogP contribution in [0.2, 0.25) is 0 Å². The molecule has 0 atom stereocenters. The van der Waals surface area contributed by atoms with Crippen molar-refractivity contribution in [3.63, 3.8) is 0 Å². The van der Waals surface area contributed by atoms with E-state index in [1.807, 2.05) is 0 Å². The molecule has 0 amide bonds. The summed E-state index contributed by atoms with van der Waals surface area (Å²) in [6, 6.07) is 12.7. The average Bonchev–Trinajstić information content (AvgIpc) is 2.87. The predicted octanol–water partition coefficient (Wildman–Crippen LogP) is 4.27. The molecule has 1 heterocycles. The number of hydrogen-bond acceptors (Lipinski definition) is 2. The summed E-state index contributed by atoms with van der Waals surface area (Å²) in [7, 11) is 0.